The first-order valence-electron chi connectivity index (χ1n) is 7.94. The van der Waals surface area contributed by atoms with Gasteiger partial charge >= 0.3 is 0 Å². The third-order valence-corrected chi connectivity index (χ3v) is 6.98. The van der Waals surface area contributed by atoms with Crippen LogP contribution in [0.1, 0.15) is 23.9 Å². The van der Waals surface area contributed by atoms with Gasteiger partial charge in [-0.15, -0.1) is 0 Å². The van der Waals surface area contributed by atoms with Crippen LogP contribution in [0.4, 0.5) is 5.69 Å². The van der Waals surface area contributed by atoms with E-state index in [9.17, 15) is 9.59 Å². The maximum Gasteiger partial charge on any atom is 0.221 e. The zero-order valence-corrected chi connectivity index (χ0v) is 16.7. The van der Waals surface area contributed by atoms with Gasteiger partial charge in [-0.3, -0.25) is 9.59 Å². The largest absolute Gasteiger partial charge is 0.451 e. The van der Waals surface area contributed by atoms with E-state index in [0.29, 0.717) is 16.7 Å². The number of halogens is 2. The molecule has 1 amide bonds. The quantitative estimate of drug-likeness (QED) is 0.484. The first-order chi connectivity index (χ1) is 12.0. The Kier molecular flexibility index (Phi) is 5.59. The molecular weight excluding hydrogens is 450 g/mol. The number of carbonyl (C=O) groups is 2. The molecule has 3 unspecified atom stereocenters. The summed E-state index contributed by atoms with van der Waals surface area (Å²) in [7, 11) is 0. The highest BCUT2D eigenvalue weighted by Crippen LogP contribution is 2.36. The second-order valence-electron chi connectivity index (χ2n) is 5.91. The van der Waals surface area contributed by atoms with E-state index < -0.39 is 4.83 Å². The van der Waals surface area contributed by atoms with Gasteiger partial charge in [0.05, 0.1) is 10.5 Å². The molecule has 1 heterocycles. The Morgan fingerprint density at radius 2 is 2.00 bits per heavy atom. The lowest BCUT2D eigenvalue weighted by molar-refractivity contribution is -0.114. The van der Waals surface area contributed by atoms with Gasteiger partial charge in [0.15, 0.2) is 5.76 Å². The molecule has 0 saturated carbocycles. The molecule has 3 rings (SSSR count). The summed E-state index contributed by atoms with van der Waals surface area (Å²) in [5, 5.41) is 3.45. The topological polar surface area (TPSA) is 59.3 Å². The third kappa shape index (κ3) is 3.80. The predicted octanol–water partition coefficient (Wildman–Crippen LogP) is 5.23. The highest BCUT2D eigenvalue weighted by molar-refractivity contribution is 9.12. The summed E-state index contributed by atoms with van der Waals surface area (Å²) in [5.41, 5.74) is 0.997. The van der Waals surface area contributed by atoms with Crippen molar-refractivity contribution >= 4 is 60.2 Å². The number of Topliss-reactive ketones (excluding diaryl/α,β-unsaturated/α-hetero) is 1. The number of alkyl halides is 2. The summed E-state index contributed by atoms with van der Waals surface area (Å²) in [4.78, 5) is 24.0. The zero-order chi connectivity index (χ0) is 18.0. The monoisotopic (exact) mass is 465 g/mol. The van der Waals surface area contributed by atoms with Crippen LogP contribution in [0.5, 0.6) is 0 Å². The highest BCUT2D eigenvalue weighted by Gasteiger charge is 2.34. The number of nitrogens with one attached hydrogen (secondary N) is 1. The third-order valence-electron chi connectivity index (χ3n) is 4.07. The molecule has 0 bridgehead atoms. The standard InChI is InChI=1S/C19H17Br2NO3/c1-11(23)22-17-13-9-5-6-10-14(13)25-19(17)18(24)16(21)15(20)12-7-3-2-4-8-12/h2-7,9-10,12,15-16H,8H2,1H3,(H,22,23). The summed E-state index contributed by atoms with van der Waals surface area (Å²) < 4.78 is 5.77. The molecule has 6 heteroatoms. The molecule has 0 radical (unpaired) electrons. The molecule has 3 atom stereocenters. The molecule has 0 saturated heterocycles. The minimum atomic E-state index is -0.485. The number of ketones is 1. The van der Waals surface area contributed by atoms with E-state index in [0.717, 1.165) is 6.42 Å². The fourth-order valence-electron chi connectivity index (χ4n) is 2.84. The fraction of sp³-hybridized carbons (Fsp3) is 0.263. The highest BCUT2D eigenvalue weighted by atomic mass is 79.9. The van der Waals surface area contributed by atoms with Crippen molar-refractivity contribution in [2.24, 2.45) is 5.92 Å². The molecule has 25 heavy (non-hydrogen) atoms. The van der Waals surface area contributed by atoms with Gasteiger partial charge in [0.25, 0.3) is 0 Å². The second-order valence-corrected chi connectivity index (χ2v) is 7.95. The molecular formula is C19H17Br2NO3. The Morgan fingerprint density at radius 3 is 2.68 bits per heavy atom. The summed E-state index contributed by atoms with van der Waals surface area (Å²) >= 11 is 7.15. The van der Waals surface area contributed by atoms with Crippen molar-refractivity contribution in [3.05, 3.63) is 54.3 Å². The fourth-order valence-corrected chi connectivity index (χ4v) is 4.07. The van der Waals surface area contributed by atoms with Crippen LogP contribution in [0.3, 0.4) is 0 Å². The molecule has 1 aliphatic carbocycles. The van der Waals surface area contributed by atoms with Crippen LogP contribution in [0.2, 0.25) is 0 Å². The van der Waals surface area contributed by atoms with Crippen LogP contribution < -0.4 is 5.32 Å². The van der Waals surface area contributed by atoms with E-state index >= 15 is 0 Å². The number of benzene rings is 1. The lowest BCUT2D eigenvalue weighted by Crippen LogP contribution is -2.30. The SMILES string of the molecule is CC(=O)Nc1c(C(=O)C(Br)C(Br)C2C=CC=CC2)oc2ccccc12. The molecule has 0 spiro atoms. The number of hydrogen-bond acceptors (Lipinski definition) is 3. The lowest BCUT2D eigenvalue weighted by atomic mass is 9.94. The van der Waals surface area contributed by atoms with Crippen LogP contribution >= 0.6 is 31.9 Å². The molecule has 1 aromatic heterocycles. The van der Waals surface area contributed by atoms with Gasteiger partial charge in [0.2, 0.25) is 11.7 Å². The van der Waals surface area contributed by atoms with Gasteiger partial charge < -0.3 is 9.73 Å². The van der Waals surface area contributed by atoms with Crippen molar-refractivity contribution < 1.29 is 14.0 Å². The number of amides is 1. The number of carbonyl (C=O) groups excluding carboxylic acids is 2. The number of furan rings is 1. The van der Waals surface area contributed by atoms with E-state index in [1.807, 2.05) is 30.4 Å². The normalized spacial score (nSPS) is 18.9. The zero-order valence-electron chi connectivity index (χ0n) is 13.5. The Labute approximate surface area is 162 Å². The van der Waals surface area contributed by atoms with E-state index in [2.05, 4.69) is 49.3 Å². The summed E-state index contributed by atoms with van der Waals surface area (Å²) in [6.07, 6.45) is 8.99. The van der Waals surface area contributed by atoms with Crippen LogP contribution in [-0.2, 0) is 4.79 Å². The van der Waals surface area contributed by atoms with Gasteiger partial charge in [-0.1, -0.05) is 68.3 Å². The van der Waals surface area contributed by atoms with Gasteiger partial charge in [0.1, 0.15) is 5.58 Å². The van der Waals surface area contributed by atoms with Crippen LogP contribution in [0.25, 0.3) is 11.0 Å². The van der Waals surface area contributed by atoms with Crippen molar-refractivity contribution in [2.45, 2.75) is 23.0 Å². The number of allylic oxidation sites excluding steroid dienone is 4. The van der Waals surface area contributed by atoms with Crippen molar-refractivity contribution in [1.29, 1.82) is 0 Å². The average molecular weight is 467 g/mol. The number of rotatable bonds is 5. The molecule has 130 valence electrons. The number of fused-ring (bicyclic) bond motifs is 1. The molecule has 1 N–H and O–H groups in total. The minimum Gasteiger partial charge on any atom is -0.451 e. The van der Waals surface area contributed by atoms with E-state index in [4.69, 9.17) is 4.42 Å². The van der Waals surface area contributed by atoms with E-state index in [1.165, 1.54) is 6.92 Å². The minimum absolute atomic E-state index is 0.0976. The number of hydrogen-bond donors (Lipinski definition) is 1. The van der Waals surface area contributed by atoms with Crippen molar-refractivity contribution in [3.63, 3.8) is 0 Å². The Balaban J connectivity index is 1.94. The van der Waals surface area contributed by atoms with Gasteiger partial charge in [-0.2, -0.15) is 0 Å². The van der Waals surface area contributed by atoms with Gasteiger partial charge in [-0.05, 0) is 24.5 Å². The van der Waals surface area contributed by atoms with Crippen LogP contribution in [-0.4, -0.2) is 21.3 Å². The summed E-state index contributed by atoms with van der Waals surface area (Å²) in [6.45, 7) is 1.41. The van der Waals surface area contributed by atoms with Crippen molar-refractivity contribution in [1.82, 2.24) is 0 Å². The second kappa shape index (κ2) is 7.70. The number of para-hydroxylation sites is 1. The Bertz CT molecular complexity index is 869. The molecule has 2 aromatic rings. The predicted molar refractivity (Wildman–Crippen MR) is 107 cm³/mol. The van der Waals surface area contributed by atoms with E-state index in [-0.39, 0.29) is 28.2 Å². The van der Waals surface area contributed by atoms with Gasteiger partial charge in [0, 0.05) is 17.1 Å². The smallest absolute Gasteiger partial charge is 0.221 e. The first-order valence-corrected chi connectivity index (χ1v) is 9.77. The van der Waals surface area contributed by atoms with Crippen molar-refractivity contribution in [3.8, 4) is 0 Å². The summed E-state index contributed by atoms with van der Waals surface area (Å²) in [6, 6.07) is 7.27. The first kappa shape index (κ1) is 18.1. The lowest BCUT2D eigenvalue weighted by Gasteiger charge is -2.23. The molecule has 1 aromatic carbocycles. The van der Waals surface area contributed by atoms with Crippen LogP contribution in [0, 0.1) is 5.92 Å². The van der Waals surface area contributed by atoms with Gasteiger partial charge in [-0.25, -0.2) is 0 Å². The van der Waals surface area contributed by atoms with Crippen molar-refractivity contribution in [2.75, 3.05) is 5.32 Å². The average Bonchev–Trinajstić information content (AvgIpc) is 2.98. The Morgan fingerprint density at radius 1 is 1.24 bits per heavy atom. The maximum absolute atomic E-state index is 13.0. The summed E-state index contributed by atoms with van der Waals surface area (Å²) in [5.74, 6) is -0.0859. The molecule has 1 aliphatic rings. The molecule has 0 fully saturated rings. The molecule has 0 aliphatic heterocycles. The number of anilines is 1. The van der Waals surface area contributed by atoms with Crippen LogP contribution in [0.15, 0.2) is 53.0 Å². The Hall–Kier alpha value is -1.66. The van der Waals surface area contributed by atoms with E-state index in [1.54, 1.807) is 6.07 Å². The molecule has 4 nitrogen and oxygen atoms in total. The maximum atomic E-state index is 13.0.